The van der Waals surface area contributed by atoms with Gasteiger partial charge in [-0.1, -0.05) is 18.7 Å². The van der Waals surface area contributed by atoms with Crippen LogP contribution in [0.2, 0.25) is 0 Å². The Hall–Kier alpha value is -3.03. The summed E-state index contributed by atoms with van der Waals surface area (Å²) in [7, 11) is 1.74. The maximum atomic E-state index is 12.1. The summed E-state index contributed by atoms with van der Waals surface area (Å²) in [6, 6.07) is 6.83. The molecule has 1 aliphatic heterocycles. The Morgan fingerprint density at radius 2 is 2.04 bits per heavy atom. The standard InChI is InChI=1S/C16H17N5O3/c1-11-3-8-14(22)21(11)9-10-24-16(23)13-6-4-12(5-7-13)15-17-18-19-20(15)2/h4-7H,1,3,8-10H2,2H3. The lowest BCUT2D eigenvalue weighted by molar-refractivity contribution is -0.127. The number of rotatable bonds is 5. The number of nitrogens with zero attached hydrogens (tertiary/aromatic N) is 5. The Bertz CT molecular complexity index is 765. The molecule has 0 bridgehead atoms. The van der Waals surface area contributed by atoms with Crippen molar-refractivity contribution in [1.29, 1.82) is 0 Å². The van der Waals surface area contributed by atoms with E-state index in [1.165, 1.54) is 0 Å². The maximum absolute atomic E-state index is 12.1. The highest BCUT2D eigenvalue weighted by molar-refractivity contribution is 5.90. The number of benzene rings is 1. The van der Waals surface area contributed by atoms with E-state index in [1.807, 2.05) is 0 Å². The third kappa shape index (κ3) is 3.17. The first-order chi connectivity index (χ1) is 11.6. The van der Waals surface area contributed by atoms with Crippen LogP contribution in [0.5, 0.6) is 0 Å². The molecule has 1 aromatic carbocycles. The SMILES string of the molecule is C=C1CCC(=O)N1CCOC(=O)c1ccc(-c2nnnn2C)cc1. The van der Waals surface area contributed by atoms with Crippen molar-refractivity contribution in [2.45, 2.75) is 12.8 Å². The van der Waals surface area contributed by atoms with E-state index in [1.54, 1.807) is 40.9 Å². The fourth-order valence-electron chi connectivity index (χ4n) is 2.52. The van der Waals surface area contributed by atoms with Gasteiger partial charge in [0.25, 0.3) is 0 Å². The third-order valence-electron chi connectivity index (χ3n) is 3.86. The minimum atomic E-state index is -0.435. The van der Waals surface area contributed by atoms with Gasteiger partial charge in [0.2, 0.25) is 5.91 Å². The van der Waals surface area contributed by atoms with E-state index >= 15 is 0 Å². The van der Waals surface area contributed by atoms with Gasteiger partial charge in [-0.3, -0.25) is 4.79 Å². The molecule has 24 heavy (non-hydrogen) atoms. The maximum Gasteiger partial charge on any atom is 0.338 e. The number of carbonyl (C=O) groups is 2. The molecule has 0 aliphatic carbocycles. The molecular weight excluding hydrogens is 310 g/mol. The summed E-state index contributed by atoms with van der Waals surface area (Å²) >= 11 is 0. The second kappa shape index (κ2) is 6.61. The number of amides is 1. The van der Waals surface area contributed by atoms with E-state index < -0.39 is 5.97 Å². The molecule has 1 aromatic heterocycles. The number of esters is 1. The van der Waals surface area contributed by atoms with Crippen molar-refractivity contribution in [3.8, 4) is 11.4 Å². The summed E-state index contributed by atoms with van der Waals surface area (Å²) in [4.78, 5) is 25.2. The molecule has 1 fully saturated rings. The molecule has 0 atom stereocenters. The molecule has 2 heterocycles. The smallest absolute Gasteiger partial charge is 0.338 e. The van der Waals surface area contributed by atoms with Crippen LogP contribution in [0.25, 0.3) is 11.4 Å². The first-order valence-electron chi connectivity index (χ1n) is 7.54. The zero-order valence-electron chi connectivity index (χ0n) is 13.3. The van der Waals surface area contributed by atoms with Gasteiger partial charge in [0, 0.05) is 24.7 Å². The number of ether oxygens (including phenoxy) is 1. The fraction of sp³-hybridized carbons (Fsp3) is 0.312. The third-order valence-corrected chi connectivity index (χ3v) is 3.86. The molecule has 0 unspecified atom stereocenters. The Morgan fingerprint density at radius 1 is 1.29 bits per heavy atom. The van der Waals surface area contributed by atoms with Crippen LogP contribution in [0.1, 0.15) is 23.2 Å². The molecule has 3 rings (SSSR count). The molecule has 124 valence electrons. The fourth-order valence-corrected chi connectivity index (χ4v) is 2.52. The number of hydrogen-bond donors (Lipinski definition) is 0. The minimum absolute atomic E-state index is 0.0256. The summed E-state index contributed by atoms with van der Waals surface area (Å²) in [6.07, 6.45) is 1.15. The Morgan fingerprint density at radius 3 is 2.62 bits per heavy atom. The van der Waals surface area contributed by atoms with Crippen molar-refractivity contribution in [2.24, 2.45) is 7.05 Å². The second-order valence-corrected chi connectivity index (χ2v) is 5.45. The zero-order valence-corrected chi connectivity index (χ0v) is 13.3. The van der Waals surface area contributed by atoms with Crippen molar-refractivity contribution in [2.75, 3.05) is 13.2 Å². The van der Waals surface area contributed by atoms with Crippen LogP contribution in [0, 0.1) is 0 Å². The number of carbonyl (C=O) groups excluding carboxylic acids is 2. The highest BCUT2D eigenvalue weighted by Crippen LogP contribution is 2.20. The van der Waals surface area contributed by atoms with Crippen LogP contribution >= 0.6 is 0 Å². The normalized spacial score (nSPS) is 14.3. The number of likely N-dealkylation sites (tertiary alicyclic amines) is 1. The lowest BCUT2D eigenvalue weighted by atomic mass is 10.1. The van der Waals surface area contributed by atoms with Crippen LogP contribution in [0.4, 0.5) is 0 Å². The van der Waals surface area contributed by atoms with Crippen LogP contribution in [0.15, 0.2) is 36.5 Å². The van der Waals surface area contributed by atoms with Gasteiger partial charge in [0.1, 0.15) is 6.61 Å². The molecule has 8 heteroatoms. The number of aryl methyl sites for hydroxylation is 1. The van der Waals surface area contributed by atoms with Crippen molar-refractivity contribution in [3.05, 3.63) is 42.1 Å². The van der Waals surface area contributed by atoms with E-state index in [4.69, 9.17) is 4.74 Å². The molecule has 1 aliphatic rings. The quantitative estimate of drug-likeness (QED) is 0.766. The predicted molar refractivity (Wildman–Crippen MR) is 84.6 cm³/mol. The highest BCUT2D eigenvalue weighted by atomic mass is 16.5. The summed E-state index contributed by atoms with van der Waals surface area (Å²) < 4.78 is 6.77. The van der Waals surface area contributed by atoms with Gasteiger partial charge in [-0.05, 0) is 29.0 Å². The molecule has 8 nitrogen and oxygen atoms in total. The van der Waals surface area contributed by atoms with Crippen LogP contribution < -0.4 is 0 Å². The van der Waals surface area contributed by atoms with E-state index in [9.17, 15) is 9.59 Å². The number of aromatic nitrogens is 4. The first kappa shape index (κ1) is 15.9. The average molecular weight is 327 g/mol. The molecule has 2 aromatic rings. The minimum Gasteiger partial charge on any atom is -0.460 e. The molecular formula is C16H17N5O3. The molecule has 1 saturated heterocycles. The van der Waals surface area contributed by atoms with Gasteiger partial charge >= 0.3 is 5.97 Å². The summed E-state index contributed by atoms with van der Waals surface area (Å²) in [5, 5.41) is 11.3. The van der Waals surface area contributed by atoms with Gasteiger partial charge < -0.3 is 9.64 Å². The van der Waals surface area contributed by atoms with E-state index in [-0.39, 0.29) is 12.5 Å². The number of tetrazole rings is 1. The van der Waals surface area contributed by atoms with Crippen molar-refractivity contribution in [3.63, 3.8) is 0 Å². The molecule has 0 N–H and O–H groups in total. The van der Waals surface area contributed by atoms with E-state index in [0.29, 0.717) is 30.8 Å². The highest BCUT2D eigenvalue weighted by Gasteiger charge is 2.23. The van der Waals surface area contributed by atoms with Crippen molar-refractivity contribution >= 4 is 11.9 Å². The Labute approximate surface area is 138 Å². The number of allylic oxidation sites excluding steroid dienone is 1. The monoisotopic (exact) mass is 327 g/mol. The van der Waals surface area contributed by atoms with Crippen LogP contribution in [-0.2, 0) is 16.6 Å². The summed E-state index contributed by atoms with van der Waals surface area (Å²) in [5.41, 5.74) is 2.01. The van der Waals surface area contributed by atoms with Gasteiger partial charge in [-0.2, -0.15) is 0 Å². The molecule has 0 saturated carbocycles. The van der Waals surface area contributed by atoms with Crippen LogP contribution in [0.3, 0.4) is 0 Å². The molecule has 0 spiro atoms. The number of hydrogen-bond acceptors (Lipinski definition) is 6. The zero-order chi connectivity index (χ0) is 17.1. The summed E-state index contributed by atoms with van der Waals surface area (Å²) in [6.45, 7) is 4.31. The molecule has 0 radical (unpaired) electrons. The Balaban J connectivity index is 1.56. The average Bonchev–Trinajstić information content (AvgIpc) is 3.15. The van der Waals surface area contributed by atoms with E-state index in [2.05, 4.69) is 22.1 Å². The first-order valence-corrected chi connectivity index (χ1v) is 7.54. The topological polar surface area (TPSA) is 90.2 Å². The predicted octanol–water partition coefficient (Wildman–Crippen LogP) is 1.17. The van der Waals surface area contributed by atoms with Gasteiger partial charge in [-0.25, -0.2) is 9.48 Å². The van der Waals surface area contributed by atoms with Crippen LogP contribution in [-0.4, -0.2) is 50.1 Å². The molecule has 1 amide bonds. The van der Waals surface area contributed by atoms with E-state index in [0.717, 1.165) is 11.3 Å². The lowest BCUT2D eigenvalue weighted by Gasteiger charge is -2.16. The lowest BCUT2D eigenvalue weighted by Crippen LogP contribution is -2.27. The van der Waals surface area contributed by atoms with Gasteiger partial charge in [0.05, 0.1) is 12.1 Å². The largest absolute Gasteiger partial charge is 0.460 e. The summed E-state index contributed by atoms with van der Waals surface area (Å²) in [5.74, 6) is 0.202. The van der Waals surface area contributed by atoms with Gasteiger partial charge in [0.15, 0.2) is 5.82 Å². The second-order valence-electron chi connectivity index (χ2n) is 5.45. The van der Waals surface area contributed by atoms with Crippen molar-refractivity contribution < 1.29 is 14.3 Å². The van der Waals surface area contributed by atoms with Gasteiger partial charge in [-0.15, -0.1) is 5.10 Å². The Kier molecular flexibility index (Phi) is 4.37. The van der Waals surface area contributed by atoms with Crippen molar-refractivity contribution in [1.82, 2.24) is 25.1 Å².